The van der Waals surface area contributed by atoms with E-state index in [-0.39, 0.29) is 0 Å². The molecule has 3 rings (SSSR count). The predicted octanol–water partition coefficient (Wildman–Crippen LogP) is 4.75. The van der Waals surface area contributed by atoms with E-state index < -0.39 is 0 Å². The van der Waals surface area contributed by atoms with Gasteiger partial charge < -0.3 is 19.7 Å². The Balaban J connectivity index is 2.04. The number of benzene rings is 2. The lowest BCUT2D eigenvalue weighted by atomic mass is 10.1. The first-order valence-electron chi connectivity index (χ1n) is 9.37. The molecule has 0 aliphatic rings. The Bertz CT molecular complexity index is 912. The zero-order valence-electron chi connectivity index (χ0n) is 16.8. The lowest BCUT2D eigenvalue weighted by Gasteiger charge is -2.21. The van der Waals surface area contributed by atoms with Crippen LogP contribution < -0.4 is 19.7 Å². The number of nitrogens with one attached hydrogen (secondary N) is 1. The summed E-state index contributed by atoms with van der Waals surface area (Å²) >= 11 is 0. The van der Waals surface area contributed by atoms with Crippen molar-refractivity contribution in [2.24, 2.45) is 0 Å². The summed E-state index contributed by atoms with van der Waals surface area (Å²) in [5.74, 6) is 2.79. The van der Waals surface area contributed by atoms with E-state index in [4.69, 9.17) is 19.4 Å². The highest BCUT2D eigenvalue weighted by Gasteiger charge is 2.13. The van der Waals surface area contributed by atoms with Crippen molar-refractivity contribution in [2.45, 2.75) is 13.8 Å². The molecule has 6 heteroatoms. The molecule has 1 aromatic heterocycles. The third kappa shape index (κ3) is 4.34. The molecule has 0 radical (unpaired) electrons. The standard InChI is InChI=1S/C22H26N4O2/c1-5-26(6-2)21-15-19(16-10-8-7-9-11-16)24-22(25-21)23-18-13-12-17(27-3)14-20(18)28-4/h7-15H,5-6H2,1-4H3,(H,23,24,25). The summed E-state index contributed by atoms with van der Waals surface area (Å²) < 4.78 is 10.8. The van der Waals surface area contributed by atoms with Crippen LogP contribution in [0.15, 0.2) is 54.6 Å². The molecule has 0 atom stereocenters. The van der Waals surface area contributed by atoms with Gasteiger partial charge in [-0.1, -0.05) is 30.3 Å². The smallest absolute Gasteiger partial charge is 0.229 e. The molecular formula is C22H26N4O2. The lowest BCUT2D eigenvalue weighted by molar-refractivity contribution is 0.395. The molecule has 0 saturated heterocycles. The summed E-state index contributed by atoms with van der Waals surface area (Å²) in [6.07, 6.45) is 0. The molecule has 1 heterocycles. The molecule has 1 N–H and O–H groups in total. The van der Waals surface area contributed by atoms with E-state index in [0.717, 1.165) is 41.6 Å². The fraction of sp³-hybridized carbons (Fsp3) is 0.273. The minimum absolute atomic E-state index is 0.520. The van der Waals surface area contributed by atoms with Gasteiger partial charge in [-0.05, 0) is 26.0 Å². The fourth-order valence-corrected chi connectivity index (χ4v) is 2.98. The monoisotopic (exact) mass is 378 g/mol. The van der Waals surface area contributed by atoms with Gasteiger partial charge in [0.1, 0.15) is 17.3 Å². The van der Waals surface area contributed by atoms with E-state index in [0.29, 0.717) is 11.7 Å². The average molecular weight is 378 g/mol. The van der Waals surface area contributed by atoms with Crippen LogP contribution in [0.3, 0.4) is 0 Å². The topological polar surface area (TPSA) is 59.5 Å². The SMILES string of the molecule is CCN(CC)c1cc(-c2ccccc2)nc(Nc2ccc(OC)cc2OC)n1. The van der Waals surface area contributed by atoms with Crippen LogP contribution in [0.4, 0.5) is 17.5 Å². The molecule has 3 aromatic rings. The van der Waals surface area contributed by atoms with Crippen LogP contribution >= 0.6 is 0 Å². The van der Waals surface area contributed by atoms with Crippen LogP contribution in [0.1, 0.15) is 13.8 Å². The van der Waals surface area contributed by atoms with Gasteiger partial charge in [0.15, 0.2) is 0 Å². The van der Waals surface area contributed by atoms with Gasteiger partial charge in [-0.2, -0.15) is 4.98 Å². The maximum atomic E-state index is 5.49. The molecule has 146 valence electrons. The second-order valence-corrected chi connectivity index (χ2v) is 6.16. The van der Waals surface area contributed by atoms with Crippen LogP contribution in [0.2, 0.25) is 0 Å². The van der Waals surface area contributed by atoms with Gasteiger partial charge in [0.2, 0.25) is 5.95 Å². The molecule has 0 unspecified atom stereocenters. The number of anilines is 3. The van der Waals surface area contributed by atoms with Crippen molar-refractivity contribution >= 4 is 17.5 Å². The Morgan fingerprint density at radius 3 is 2.29 bits per heavy atom. The molecule has 6 nitrogen and oxygen atoms in total. The van der Waals surface area contributed by atoms with E-state index in [1.807, 2.05) is 54.6 Å². The van der Waals surface area contributed by atoms with Crippen molar-refractivity contribution < 1.29 is 9.47 Å². The summed E-state index contributed by atoms with van der Waals surface area (Å²) in [7, 11) is 3.26. The minimum atomic E-state index is 0.520. The molecule has 0 saturated carbocycles. The van der Waals surface area contributed by atoms with Gasteiger partial charge in [0.25, 0.3) is 0 Å². The van der Waals surface area contributed by atoms with E-state index in [1.54, 1.807) is 14.2 Å². The quantitative estimate of drug-likeness (QED) is 0.610. The molecule has 28 heavy (non-hydrogen) atoms. The van der Waals surface area contributed by atoms with Gasteiger partial charge >= 0.3 is 0 Å². The molecule has 0 spiro atoms. The number of nitrogens with zero attached hydrogens (tertiary/aromatic N) is 3. The molecule has 0 amide bonds. The highest BCUT2D eigenvalue weighted by Crippen LogP contribution is 2.32. The first-order valence-corrected chi connectivity index (χ1v) is 9.37. The van der Waals surface area contributed by atoms with Crippen LogP contribution in [-0.2, 0) is 0 Å². The number of rotatable bonds is 8. The summed E-state index contributed by atoms with van der Waals surface area (Å²) in [5.41, 5.74) is 2.69. The molecule has 0 aliphatic heterocycles. The van der Waals surface area contributed by atoms with E-state index in [9.17, 15) is 0 Å². The van der Waals surface area contributed by atoms with Crippen molar-refractivity contribution in [1.82, 2.24) is 9.97 Å². The normalized spacial score (nSPS) is 10.4. The minimum Gasteiger partial charge on any atom is -0.497 e. The first-order chi connectivity index (χ1) is 13.7. The summed E-state index contributed by atoms with van der Waals surface area (Å²) in [4.78, 5) is 11.7. The zero-order valence-corrected chi connectivity index (χ0v) is 16.8. The molecule has 0 aliphatic carbocycles. The van der Waals surface area contributed by atoms with Crippen molar-refractivity contribution in [3.05, 3.63) is 54.6 Å². The third-order valence-corrected chi connectivity index (χ3v) is 4.52. The zero-order chi connectivity index (χ0) is 19.9. The Labute approximate surface area is 166 Å². The number of ether oxygens (including phenoxy) is 2. The highest BCUT2D eigenvalue weighted by molar-refractivity contribution is 5.69. The van der Waals surface area contributed by atoms with Gasteiger partial charge in [-0.3, -0.25) is 0 Å². The summed E-state index contributed by atoms with van der Waals surface area (Å²) in [6, 6.07) is 17.7. The van der Waals surface area contributed by atoms with E-state index in [2.05, 4.69) is 24.1 Å². The van der Waals surface area contributed by atoms with Gasteiger partial charge in [-0.15, -0.1) is 0 Å². The summed E-state index contributed by atoms with van der Waals surface area (Å²) in [6.45, 7) is 5.97. The Kier molecular flexibility index (Phi) is 6.32. The number of hydrogen-bond acceptors (Lipinski definition) is 6. The maximum absolute atomic E-state index is 5.49. The van der Waals surface area contributed by atoms with Gasteiger partial charge in [0, 0.05) is 30.8 Å². The van der Waals surface area contributed by atoms with Crippen molar-refractivity contribution in [3.8, 4) is 22.8 Å². The van der Waals surface area contributed by atoms with Crippen molar-refractivity contribution in [1.29, 1.82) is 0 Å². The van der Waals surface area contributed by atoms with Crippen LogP contribution in [0.5, 0.6) is 11.5 Å². The Morgan fingerprint density at radius 1 is 0.893 bits per heavy atom. The lowest BCUT2D eigenvalue weighted by Crippen LogP contribution is -2.23. The van der Waals surface area contributed by atoms with E-state index >= 15 is 0 Å². The largest absolute Gasteiger partial charge is 0.497 e. The van der Waals surface area contributed by atoms with Gasteiger partial charge in [0.05, 0.1) is 25.6 Å². The Morgan fingerprint density at radius 2 is 1.64 bits per heavy atom. The highest BCUT2D eigenvalue weighted by atomic mass is 16.5. The van der Waals surface area contributed by atoms with Gasteiger partial charge in [-0.25, -0.2) is 4.98 Å². The molecular weight excluding hydrogens is 352 g/mol. The van der Waals surface area contributed by atoms with Crippen molar-refractivity contribution in [2.75, 3.05) is 37.5 Å². The van der Waals surface area contributed by atoms with Crippen LogP contribution in [0.25, 0.3) is 11.3 Å². The van der Waals surface area contributed by atoms with Crippen LogP contribution in [-0.4, -0.2) is 37.3 Å². The number of methoxy groups -OCH3 is 2. The first kappa shape index (κ1) is 19.5. The molecule has 2 aromatic carbocycles. The molecule has 0 bridgehead atoms. The number of hydrogen-bond donors (Lipinski definition) is 1. The Hall–Kier alpha value is -3.28. The number of aromatic nitrogens is 2. The molecule has 0 fully saturated rings. The third-order valence-electron chi connectivity index (χ3n) is 4.52. The average Bonchev–Trinajstić information content (AvgIpc) is 2.75. The second-order valence-electron chi connectivity index (χ2n) is 6.16. The van der Waals surface area contributed by atoms with E-state index in [1.165, 1.54) is 0 Å². The fourth-order valence-electron chi connectivity index (χ4n) is 2.98. The summed E-state index contributed by atoms with van der Waals surface area (Å²) in [5, 5.41) is 3.30. The van der Waals surface area contributed by atoms with Crippen molar-refractivity contribution in [3.63, 3.8) is 0 Å². The van der Waals surface area contributed by atoms with Crippen LogP contribution in [0, 0.1) is 0 Å². The maximum Gasteiger partial charge on any atom is 0.229 e. The second kappa shape index (κ2) is 9.08. The predicted molar refractivity (Wildman–Crippen MR) is 114 cm³/mol.